The van der Waals surface area contributed by atoms with E-state index >= 15 is 0 Å². The van der Waals surface area contributed by atoms with Crippen molar-refractivity contribution in [2.45, 2.75) is 30.8 Å². The van der Waals surface area contributed by atoms with Crippen LogP contribution in [0.25, 0.3) is 5.78 Å². The molecule has 1 N–H and O–H groups in total. The second kappa shape index (κ2) is 10.1. The van der Waals surface area contributed by atoms with Crippen LogP contribution in [0.2, 0.25) is 0 Å². The van der Waals surface area contributed by atoms with Gasteiger partial charge in [0, 0.05) is 29.2 Å². The Labute approximate surface area is 198 Å². The van der Waals surface area contributed by atoms with E-state index in [2.05, 4.69) is 37.4 Å². The normalized spacial score (nSPS) is 12.3. The van der Waals surface area contributed by atoms with Crippen LogP contribution in [0, 0.1) is 13.8 Å². The first kappa shape index (κ1) is 22.9. The lowest BCUT2D eigenvalue weighted by Crippen LogP contribution is -2.34. The van der Waals surface area contributed by atoms with Gasteiger partial charge in [0.2, 0.25) is 5.16 Å². The van der Waals surface area contributed by atoms with Gasteiger partial charge in [0.25, 0.3) is 11.7 Å². The van der Waals surface area contributed by atoms with Gasteiger partial charge in [-0.05, 0) is 51.2 Å². The second-order valence-electron chi connectivity index (χ2n) is 8.19. The van der Waals surface area contributed by atoms with E-state index in [1.54, 1.807) is 4.52 Å². The van der Waals surface area contributed by atoms with Crippen LogP contribution in [-0.2, 0) is 5.75 Å². The highest BCUT2D eigenvalue weighted by Crippen LogP contribution is 2.23. The number of hydrogen-bond donors (Lipinski definition) is 1. The molecule has 2 heterocycles. The highest BCUT2D eigenvalue weighted by molar-refractivity contribution is 7.98. The topological polar surface area (TPSA) is 75.4 Å². The molecule has 4 aromatic rings. The summed E-state index contributed by atoms with van der Waals surface area (Å²) < 4.78 is 1.75. The van der Waals surface area contributed by atoms with Crippen LogP contribution in [0.5, 0.6) is 0 Å². The minimum absolute atomic E-state index is 0.0786. The number of carbonyl (C=O) groups excluding carboxylic acids is 1. The number of aromatic nitrogens is 4. The van der Waals surface area contributed by atoms with Crippen LogP contribution in [0.3, 0.4) is 0 Å². The second-order valence-corrected chi connectivity index (χ2v) is 9.13. The molecule has 2 aromatic carbocycles. The van der Waals surface area contributed by atoms with E-state index in [0.29, 0.717) is 28.8 Å². The van der Waals surface area contributed by atoms with Gasteiger partial charge in [-0.15, -0.1) is 5.10 Å². The summed E-state index contributed by atoms with van der Waals surface area (Å²) in [5.74, 6) is 1.11. The zero-order chi connectivity index (χ0) is 23.4. The van der Waals surface area contributed by atoms with Crippen LogP contribution < -0.4 is 5.32 Å². The molecule has 0 fully saturated rings. The number of thioether (sulfide) groups is 1. The third-order valence-corrected chi connectivity index (χ3v) is 6.37. The number of nitrogens with one attached hydrogen (secondary N) is 1. The van der Waals surface area contributed by atoms with E-state index in [1.807, 2.05) is 76.5 Å². The first-order valence-electron chi connectivity index (χ1n) is 10.8. The number of hydrogen-bond acceptors (Lipinski definition) is 6. The lowest BCUT2D eigenvalue weighted by Gasteiger charge is -2.25. The van der Waals surface area contributed by atoms with Gasteiger partial charge in [0.05, 0.1) is 6.04 Å². The number of aryl methyl sites for hydroxylation is 2. The van der Waals surface area contributed by atoms with E-state index in [9.17, 15) is 4.79 Å². The van der Waals surface area contributed by atoms with Crippen molar-refractivity contribution in [2.75, 3.05) is 20.6 Å². The molecule has 33 heavy (non-hydrogen) atoms. The SMILES string of the molecule is Cc1cc(C)n2nc(SCc3ccccc3C(=O)NCC(c3ccccc3)N(C)C)nc2n1. The van der Waals surface area contributed by atoms with Crippen molar-refractivity contribution in [1.82, 2.24) is 29.8 Å². The van der Waals surface area contributed by atoms with E-state index in [-0.39, 0.29) is 11.9 Å². The molecule has 170 valence electrons. The maximum Gasteiger partial charge on any atom is 0.253 e. The molecule has 0 aliphatic rings. The van der Waals surface area contributed by atoms with Gasteiger partial charge < -0.3 is 10.2 Å². The molecule has 0 spiro atoms. The Balaban J connectivity index is 1.46. The van der Waals surface area contributed by atoms with Crippen LogP contribution in [0.15, 0.2) is 65.8 Å². The summed E-state index contributed by atoms with van der Waals surface area (Å²) in [6, 6.07) is 20.0. The Morgan fingerprint density at radius 1 is 1.06 bits per heavy atom. The molecule has 0 saturated carbocycles. The molecule has 2 aromatic heterocycles. The van der Waals surface area contributed by atoms with E-state index in [0.717, 1.165) is 17.0 Å². The van der Waals surface area contributed by atoms with Crippen LogP contribution in [0.1, 0.15) is 38.9 Å². The molecule has 1 unspecified atom stereocenters. The molecule has 8 heteroatoms. The van der Waals surface area contributed by atoms with Gasteiger partial charge in [0.15, 0.2) is 0 Å². The predicted octanol–water partition coefficient (Wildman–Crippen LogP) is 4.07. The Kier molecular flexibility index (Phi) is 7.05. The van der Waals surface area contributed by atoms with Gasteiger partial charge in [-0.25, -0.2) is 9.50 Å². The summed E-state index contributed by atoms with van der Waals surface area (Å²) in [4.78, 5) is 24.2. The average molecular weight is 461 g/mol. The number of likely N-dealkylation sites (N-methyl/N-ethyl adjacent to an activating group) is 1. The fraction of sp³-hybridized carbons (Fsp3) is 0.280. The van der Waals surface area contributed by atoms with Crippen LogP contribution in [0.4, 0.5) is 0 Å². The first-order chi connectivity index (χ1) is 15.9. The van der Waals surface area contributed by atoms with Gasteiger partial charge in [-0.2, -0.15) is 4.98 Å². The van der Waals surface area contributed by atoms with Crippen LogP contribution >= 0.6 is 11.8 Å². The highest BCUT2D eigenvalue weighted by atomic mass is 32.2. The maximum absolute atomic E-state index is 13.1. The fourth-order valence-electron chi connectivity index (χ4n) is 3.78. The molecule has 7 nitrogen and oxygen atoms in total. The summed E-state index contributed by atoms with van der Waals surface area (Å²) in [5.41, 5.74) is 4.69. The Hall–Kier alpha value is -3.23. The van der Waals surface area contributed by atoms with E-state index in [1.165, 1.54) is 17.3 Å². The fourth-order valence-corrected chi connectivity index (χ4v) is 4.60. The van der Waals surface area contributed by atoms with Crippen molar-refractivity contribution < 1.29 is 4.79 Å². The molecular weight excluding hydrogens is 432 g/mol. The van der Waals surface area contributed by atoms with Gasteiger partial charge in [-0.1, -0.05) is 60.3 Å². The summed E-state index contributed by atoms with van der Waals surface area (Å²) in [7, 11) is 4.04. The minimum Gasteiger partial charge on any atom is -0.350 e. The standard InChI is InChI=1S/C25H28N6OS/c1-17-14-18(2)31-24(27-17)28-25(29-31)33-16-20-12-8-9-13-21(20)23(32)26-15-22(30(3)4)19-10-6-5-7-11-19/h5-14,22H,15-16H2,1-4H3,(H,26,32). The molecule has 0 bridgehead atoms. The van der Waals surface area contributed by atoms with Crippen molar-refractivity contribution >= 4 is 23.4 Å². The zero-order valence-corrected chi connectivity index (χ0v) is 20.1. The van der Waals surface area contributed by atoms with Crippen molar-refractivity contribution in [1.29, 1.82) is 0 Å². The van der Waals surface area contributed by atoms with Gasteiger partial charge >= 0.3 is 0 Å². The average Bonchev–Trinajstić information content (AvgIpc) is 3.21. The van der Waals surface area contributed by atoms with Crippen molar-refractivity contribution in [3.8, 4) is 0 Å². The summed E-state index contributed by atoms with van der Waals surface area (Å²) in [6.45, 7) is 4.46. The highest BCUT2D eigenvalue weighted by Gasteiger charge is 2.18. The maximum atomic E-state index is 13.1. The monoisotopic (exact) mass is 460 g/mol. The molecule has 0 saturated heterocycles. The molecular formula is C25H28N6OS. The number of carbonyl (C=O) groups is 1. The third kappa shape index (κ3) is 5.40. The molecule has 0 aliphatic carbocycles. The quantitative estimate of drug-likeness (QED) is 0.400. The number of amides is 1. The van der Waals surface area contributed by atoms with Gasteiger partial charge in [-0.3, -0.25) is 4.79 Å². The molecule has 4 rings (SSSR count). The lowest BCUT2D eigenvalue weighted by molar-refractivity contribution is 0.0941. The van der Waals surface area contributed by atoms with Crippen molar-refractivity contribution in [3.05, 3.63) is 88.7 Å². The number of fused-ring (bicyclic) bond motifs is 1. The molecule has 1 amide bonds. The van der Waals surface area contributed by atoms with Crippen molar-refractivity contribution in [3.63, 3.8) is 0 Å². The molecule has 1 atom stereocenters. The largest absolute Gasteiger partial charge is 0.350 e. The summed E-state index contributed by atoms with van der Waals surface area (Å²) >= 11 is 1.50. The summed E-state index contributed by atoms with van der Waals surface area (Å²) in [5, 5.41) is 8.31. The molecule has 0 radical (unpaired) electrons. The zero-order valence-electron chi connectivity index (χ0n) is 19.3. The Morgan fingerprint density at radius 2 is 1.79 bits per heavy atom. The molecule has 0 aliphatic heterocycles. The number of rotatable bonds is 8. The van der Waals surface area contributed by atoms with Crippen molar-refractivity contribution in [2.24, 2.45) is 0 Å². The lowest BCUT2D eigenvalue weighted by atomic mass is 10.1. The number of benzene rings is 2. The first-order valence-corrected chi connectivity index (χ1v) is 11.8. The number of nitrogens with zero attached hydrogens (tertiary/aromatic N) is 5. The Bertz CT molecular complexity index is 1250. The van der Waals surface area contributed by atoms with E-state index in [4.69, 9.17) is 0 Å². The van der Waals surface area contributed by atoms with Crippen LogP contribution in [-0.4, -0.2) is 51.0 Å². The Morgan fingerprint density at radius 3 is 2.55 bits per heavy atom. The van der Waals surface area contributed by atoms with E-state index < -0.39 is 0 Å². The third-order valence-electron chi connectivity index (χ3n) is 5.48. The summed E-state index contributed by atoms with van der Waals surface area (Å²) in [6.07, 6.45) is 0. The smallest absolute Gasteiger partial charge is 0.253 e. The minimum atomic E-state index is -0.0786. The predicted molar refractivity (Wildman–Crippen MR) is 131 cm³/mol. The van der Waals surface area contributed by atoms with Gasteiger partial charge in [0.1, 0.15) is 0 Å².